The van der Waals surface area contributed by atoms with Gasteiger partial charge < -0.3 is 4.74 Å². The maximum absolute atomic E-state index is 12.5. The quantitative estimate of drug-likeness (QED) is 0.784. The Balaban J connectivity index is 2.48. The first-order valence-electron chi connectivity index (χ1n) is 6.40. The van der Waals surface area contributed by atoms with Gasteiger partial charge in [-0.2, -0.15) is 8.78 Å². The Morgan fingerprint density at radius 1 is 1.44 bits per heavy atom. The minimum atomic E-state index is -2.82. The third kappa shape index (κ3) is 2.62. The van der Waals surface area contributed by atoms with Crippen molar-refractivity contribution in [2.24, 2.45) is 0 Å². The Labute approximate surface area is 106 Å². The van der Waals surface area contributed by atoms with E-state index in [2.05, 4.69) is 16.6 Å². The number of halogens is 2. The van der Waals surface area contributed by atoms with Crippen molar-refractivity contribution in [1.29, 1.82) is 0 Å². The molecule has 0 amide bonds. The molecule has 18 heavy (non-hydrogen) atoms. The molecule has 2 rings (SSSR count). The third-order valence-corrected chi connectivity index (χ3v) is 3.73. The Kier molecular flexibility index (Phi) is 3.55. The molecule has 1 aromatic rings. The van der Waals surface area contributed by atoms with E-state index in [1.165, 1.54) is 0 Å². The lowest BCUT2D eigenvalue weighted by Crippen LogP contribution is -2.21. The Bertz CT molecular complexity index is 428. The van der Waals surface area contributed by atoms with Crippen molar-refractivity contribution >= 4 is 0 Å². The summed E-state index contributed by atoms with van der Waals surface area (Å²) in [6.45, 7) is 3.33. The summed E-state index contributed by atoms with van der Waals surface area (Å²) in [6, 6.07) is 1.95. The van der Waals surface area contributed by atoms with Crippen LogP contribution < -0.4 is 4.74 Å². The van der Waals surface area contributed by atoms with Gasteiger partial charge in [-0.1, -0.05) is 20.8 Å². The minimum Gasteiger partial charge on any atom is -0.417 e. The summed E-state index contributed by atoms with van der Waals surface area (Å²) in [5, 5.41) is 0. The van der Waals surface area contributed by atoms with Crippen LogP contribution in [-0.2, 0) is 5.41 Å². The molecule has 1 fully saturated rings. The van der Waals surface area contributed by atoms with Crippen molar-refractivity contribution in [2.75, 3.05) is 0 Å². The first-order chi connectivity index (χ1) is 8.45. The molecule has 0 atom stereocenters. The van der Waals surface area contributed by atoms with Gasteiger partial charge in [-0.25, -0.2) is 4.98 Å². The van der Waals surface area contributed by atoms with Crippen LogP contribution in [0.25, 0.3) is 0 Å². The van der Waals surface area contributed by atoms with Crippen molar-refractivity contribution < 1.29 is 13.5 Å². The molecular weight excluding hydrogens is 236 g/mol. The predicted octanol–water partition coefficient (Wildman–Crippen LogP) is 4.25. The fourth-order valence-corrected chi connectivity index (χ4v) is 2.22. The van der Waals surface area contributed by atoms with E-state index in [9.17, 15) is 8.78 Å². The van der Waals surface area contributed by atoms with Gasteiger partial charge in [-0.15, -0.1) is 0 Å². The number of alkyl halides is 2. The van der Waals surface area contributed by atoms with E-state index in [0.29, 0.717) is 5.92 Å². The second-order valence-corrected chi connectivity index (χ2v) is 5.47. The molecule has 0 aromatic carbocycles. The monoisotopic (exact) mass is 255 g/mol. The van der Waals surface area contributed by atoms with Crippen LogP contribution in [0.4, 0.5) is 8.78 Å². The fourth-order valence-electron chi connectivity index (χ4n) is 2.22. The number of pyridine rings is 1. The molecule has 100 valence electrons. The first-order valence-corrected chi connectivity index (χ1v) is 6.40. The number of nitrogens with zero attached hydrogens (tertiary/aromatic N) is 1. The van der Waals surface area contributed by atoms with E-state index in [0.717, 1.165) is 30.4 Å². The summed E-state index contributed by atoms with van der Waals surface area (Å²) < 4.78 is 29.6. The average Bonchev–Trinajstić information content (AvgIpc) is 3.11. The normalized spacial score (nSPS) is 16.1. The molecule has 4 heteroatoms. The van der Waals surface area contributed by atoms with Gasteiger partial charge in [0, 0.05) is 11.8 Å². The van der Waals surface area contributed by atoms with Crippen LogP contribution in [-0.4, -0.2) is 11.6 Å². The zero-order valence-electron chi connectivity index (χ0n) is 11.0. The Morgan fingerprint density at radius 2 is 2.11 bits per heavy atom. The number of aromatic nitrogens is 1. The largest absolute Gasteiger partial charge is 0.417 e. The lowest BCUT2D eigenvalue weighted by molar-refractivity contribution is -0.0541. The van der Waals surface area contributed by atoms with Gasteiger partial charge >= 0.3 is 6.61 Å². The van der Waals surface area contributed by atoms with E-state index >= 15 is 0 Å². The Hall–Kier alpha value is -1.19. The fraction of sp³-hybridized carbons (Fsp3) is 0.643. The molecule has 0 radical (unpaired) electrons. The summed E-state index contributed by atoms with van der Waals surface area (Å²) in [5.74, 6) is 0.593. The van der Waals surface area contributed by atoms with Crippen LogP contribution in [0, 0.1) is 0 Å². The van der Waals surface area contributed by atoms with E-state index in [1.807, 2.05) is 19.9 Å². The topological polar surface area (TPSA) is 22.1 Å². The molecular formula is C14H19F2NO. The SMILES string of the molecule is CCC(C)(C)c1c(C2CC2)ccnc1OC(F)F. The van der Waals surface area contributed by atoms with Crippen molar-refractivity contribution in [2.45, 2.75) is 58.0 Å². The predicted molar refractivity (Wildman–Crippen MR) is 66.2 cm³/mol. The van der Waals surface area contributed by atoms with E-state index in [1.54, 1.807) is 6.20 Å². The first kappa shape index (κ1) is 13.2. The zero-order chi connectivity index (χ0) is 13.3. The Morgan fingerprint density at radius 3 is 2.61 bits per heavy atom. The van der Waals surface area contributed by atoms with Gasteiger partial charge in [0.2, 0.25) is 5.88 Å². The summed E-state index contributed by atoms with van der Waals surface area (Å²) in [7, 11) is 0. The zero-order valence-corrected chi connectivity index (χ0v) is 11.0. The molecule has 0 saturated heterocycles. The summed E-state index contributed by atoms with van der Waals surface area (Å²) >= 11 is 0. The molecule has 1 aliphatic rings. The highest BCUT2D eigenvalue weighted by atomic mass is 19.3. The standard InChI is InChI=1S/C14H19F2NO/c1-4-14(2,3)11-10(9-5-6-9)7-8-17-12(11)18-13(15)16/h7-9,13H,4-6H2,1-3H3. The van der Waals surface area contributed by atoms with Crippen LogP contribution >= 0.6 is 0 Å². The molecule has 0 aliphatic heterocycles. The van der Waals surface area contributed by atoms with Gasteiger partial charge in [-0.3, -0.25) is 0 Å². The lowest BCUT2D eigenvalue weighted by atomic mass is 9.79. The van der Waals surface area contributed by atoms with Gasteiger partial charge in [0.15, 0.2) is 0 Å². The molecule has 2 nitrogen and oxygen atoms in total. The summed E-state index contributed by atoms with van der Waals surface area (Å²) in [4.78, 5) is 4.00. The molecule has 1 aliphatic carbocycles. The van der Waals surface area contributed by atoms with Gasteiger partial charge in [0.1, 0.15) is 0 Å². The molecule has 0 bridgehead atoms. The summed E-state index contributed by atoms with van der Waals surface area (Å²) in [6.07, 6.45) is 4.69. The number of hydrogen-bond acceptors (Lipinski definition) is 2. The molecule has 0 N–H and O–H groups in total. The van der Waals surface area contributed by atoms with Crippen LogP contribution in [0.5, 0.6) is 5.88 Å². The maximum Gasteiger partial charge on any atom is 0.388 e. The highest BCUT2D eigenvalue weighted by Gasteiger charge is 2.34. The maximum atomic E-state index is 12.5. The lowest BCUT2D eigenvalue weighted by Gasteiger charge is -2.28. The van der Waals surface area contributed by atoms with E-state index < -0.39 is 6.61 Å². The van der Waals surface area contributed by atoms with Crippen molar-refractivity contribution in [1.82, 2.24) is 4.98 Å². The second-order valence-electron chi connectivity index (χ2n) is 5.47. The molecule has 1 aromatic heterocycles. The highest BCUT2D eigenvalue weighted by molar-refractivity contribution is 5.44. The van der Waals surface area contributed by atoms with Crippen LogP contribution in [0.15, 0.2) is 12.3 Å². The molecule has 1 saturated carbocycles. The number of hydrogen-bond donors (Lipinski definition) is 0. The highest BCUT2D eigenvalue weighted by Crippen LogP contribution is 2.47. The van der Waals surface area contributed by atoms with E-state index in [-0.39, 0.29) is 11.3 Å². The minimum absolute atomic E-state index is 0.0984. The van der Waals surface area contributed by atoms with Crippen LogP contribution in [0.1, 0.15) is 57.1 Å². The molecule has 0 unspecified atom stereocenters. The summed E-state index contributed by atoms with van der Waals surface area (Å²) in [5.41, 5.74) is 1.79. The van der Waals surface area contributed by atoms with Crippen molar-refractivity contribution in [3.63, 3.8) is 0 Å². The van der Waals surface area contributed by atoms with Crippen LogP contribution in [0.2, 0.25) is 0 Å². The third-order valence-electron chi connectivity index (χ3n) is 3.73. The van der Waals surface area contributed by atoms with Crippen molar-refractivity contribution in [3.05, 3.63) is 23.4 Å². The van der Waals surface area contributed by atoms with Gasteiger partial charge in [0.25, 0.3) is 0 Å². The molecule has 1 heterocycles. The van der Waals surface area contributed by atoms with Crippen molar-refractivity contribution in [3.8, 4) is 5.88 Å². The number of rotatable bonds is 5. The number of ether oxygens (including phenoxy) is 1. The van der Waals surface area contributed by atoms with E-state index in [4.69, 9.17) is 0 Å². The second kappa shape index (κ2) is 4.82. The van der Waals surface area contributed by atoms with Crippen LogP contribution in [0.3, 0.4) is 0 Å². The van der Waals surface area contributed by atoms with Gasteiger partial charge in [0.05, 0.1) is 0 Å². The molecule has 0 spiro atoms. The smallest absolute Gasteiger partial charge is 0.388 e. The van der Waals surface area contributed by atoms with Gasteiger partial charge in [-0.05, 0) is 42.2 Å². The average molecular weight is 255 g/mol.